The van der Waals surface area contributed by atoms with Crippen LogP contribution in [-0.2, 0) is 9.31 Å². The first-order chi connectivity index (χ1) is 16.9. The van der Waals surface area contributed by atoms with Crippen molar-refractivity contribution in [3.05, 3.63) is 84.9 Å². The molecule has 3 heterocycles. The lowest BCUT2D eigenvalue weighted by molar-refractivity contribution is 0.00578. The van der Waals surface area contributed by atoms with Crippen LogP contribution in [0.15, 0.2) is 84.9 Å². The average molecular weight is 475 g/mol. The predicted octanol–water partition coefficient (Wildman–Crippen LogP) is 7.45. The molecule has 1 aliphatic rings. The molecule has 0 radical (unpaired) electrons. The molecule has 6 aromatic rings. The summed E-state index contributed by atoms with van der Waals surface area (Å²) >= 11 is 1.83. The van der Waals surface area contributed by atoms with Gasteiger partial charge < -0.3 is 13.9 Å². The molecule has 3 nitrogen and oxygen atoms in total. The molecule has 5 heteroatoms. The van der Waals surface area contributed by atoms with Crippen LogP contribution in [0.4, 0.5) is 0 Å². The third kappa shape index (κ3) is 2.92. The van der Waals surface area contributed by atoms with Crippen molar-refractivity contribution in [2.24, 2.45) is 0 Å². The van der Waals surface area contributed by atoms with Gasteiger partial charge in [-0.2, -0.15) is 0 Å². The Labute approximate surface area is 209 Å². The van der Waals surface area contributed by atoms with Gasteiger partial charge in [0.15, 0.2) is 0 Å². The number of rotatable bonds is 2. The predicted molar refractivity (Wildman–Crippen MR) is 149 cm³/mol. The van der Waals surface area contributed by atoms with Crippen molar-refractivity contribution in [2.45, 2.75) is 38.9 Å². The number of thiophene rings is 1. The van der Waals surface area contributed by atoms with Crippen LogP contribution >= 0.6 is 11.3 Å². The van der Waals surface area contributed by atoms with Crippen LogP contribution in [0.2, 0.25) is 0 Å². The lowest BCUT2D eigenvalue weighted by atomic mass is 9.77. The van der Waals surface area contributed by atoms with Crippen molar-refractivity contribution in [1.82, 2.24) is 4.57 Å². The fourth-order valence-corrected chi connectivity index (χ4v) is 6.58. The molecule has 172 valence electrons. The second-order valence-corrected chi connectivity index (χ2v) is 11.5. The third-order valence-electron chi connectivity index (χ3n) is 7.83. The highest BCUT2D eigenvalue weighted by atomic mass is 32.1. The Bertz CT molecular complexity index is 1750. The van der Waals surface area contributed by atoms with Crippen LogP contribution in [0.1, 0.15) is 27.7 Å². The van der Waals surface area contributed by atoms with E-state index in [4.69, 9.17) is 9.31 Å². The lowest BCUT2D eigenvalue weighted by Crippen LogP contribution is -2.41. The highest BCUT2D eigenvalue weighted by molar-refractivity contribution is 7.27. The highest BCUT2D eigenvalue weighted by Crippen LogP contribution is 2.44. The van der Waals surface area contributed by atoms with Crippen LogP contribution in [0, 0.1) is 0 Å². The molecule has 0 unspecified atom stereocenters. The topological polar surface area (TPSA) is 23.4 Å². The van der Waals surface area contributed by atoms with E-state index in [0.29, 0.717) is 0 Å². The number of fused-ring (bicyclic) bond motifs is 7. The van der Waals surface area contributed by atoms with E-state index in [1.165, 1.54) is 47.7 Å². The van der Waals surface area contributed by atoms with Gasteiger partial charge in [0.25, 0.3) is 0 Å². The summed E-state index contributed by atoms with van der Waals surface area (Å²) in [6.45, 7) is 8.48. The summed E-state index contributed by atoms with van der Waals surface area (Å²) in [6.07, 6.45) is 0. The number of benzene rings is 4. The summed E-state index contributed by atoms with van der Waals surface area (Å²) in [5.41, 5.74) is 3.94. The maximum atomic E-state index is 6.58. The number of aromatic nitrogens is 1. The first-order valence-electron chi connectivity index (χ1n) is 12.1. The van der Waals surface area contributed by atoms with E-state index in [1.54, 1.807) is 0 Å². The molecule has 4 aromatic carbocycles. The van der Waals surface area contributed by atoms with Gasteiger partial charge >= 0.3 is 7.12 Å². The van der Waals surface area contributed by atoms with Crippen molar-refractivity contribution in [3.8, 4) is 5.69 Å². The van der Waals surface area contributed by atoms with E-state index in [0.717, 1.165) is 5.46 Å². The van der Waals surface area contributed by atoms with Crippen molar-refractivity contribution in [3.63, 3.8) is 0 Å². The largest absolute Gasteiger partial charge is 0.496 e. The molecule has 0 bridgehead atoms. The van der Waals surface area contributed by atoms with Gasteiger partial charge in [-0.25, -0.2) is 0 Å². The monoisotopic (exact) mass is 475 g/mol. The molecule has 7 rings (SSSR count). The molecule has 0 amide bonds. The number of nitrogens with zero attached hydrogens (tertiary/aromatic N) is 1. The van der Waals surface area contributed by atoms with E-state index < -0.39 is 18.3 Å². The maximum Gasteiger partial charge on any atom is 0.496 e. The minimum absolute atomic E-state index is 0.395. The fraction of sp³-hybridized carbons (Fsp3) is 0.200. The molecule has 0 aliphatic carbocycles. The van der Waals surface area contributed by atoms with Crippen molar-refractivity contribution in [2.75, 3.05) is 0 Å². The molecule has 1 fully saturated rings. The van der Waals surface area contributed by atoms with Gasteiger partial charge in [-0.15, -0.1) is 11.3 Å². The number of para-hydroxylation sites is 2. The van der Waals surface area contributed by atoms with Crippen molar-refractivity contribution >= 4 is 65.9 Å². The summed E-state index contributed by atoms with van der Waals surface area (Å²) < 4.78 is 18.1. The molecule has 1 aliphatic heterocycles. The molecule has 0 N–H and O–H groups in total. The summed E-state index contributed by atoms with van der Waals surface area (Å²) in [5.74, 6) is 0. The molecule has 0 atom stereocenters. The average Bonchev–Trinajstić information content (AvgIpc) is 3.46. The van der Waals surface area contributed by atoms with Gasteiger partial charge in [-0.3, -0.25) is 0 Å². The van der Waals surface area contributed by atoms with E-state index in [9.17, 15) is 0 Å². The first-order valence-corrected chi connectivity index (χ1v) is 13.0. The summed E-state index contributed by atoms with van der Waals surface area (Å²) in [6, 6.07) is 30.4. The second kappa shape index (κ2) is 7.20. The molecular weight excluding hydrogens is 449 g/mol. The van der Waals surface area contributed by atoms with Crippen LogP contribution < -0.4 is 5.46 Å². The Hall–Kier alpha value is -3.12. The number of hydrogen-bond donors (Lipinski definition) is 0. The summed E-state index contributed by atoms with van der Waals surface area (Å²) in [5, 5.41) is 5.01. The van der Waals surface area contributed by atoms with Gasteiger partial charge in [-0.05, 0) is 52.0 Å². The Morgan fingerprint density at radius 2 is 1.34 bits per heavy atom. The zero-order valence-electron chi connectivity index (χ0n) is 20.3. The van der Waals surface area contributed by atoms with Crippen LogP contribution in [-0.4, -0.2) is 22.9 Å². The Morgan fingerprint density at radius 3 is 2.09 bits per heavy atom. The van der Waals surface area contributed by atoms with Crippen molar-refractivity contribution in [1.29, 1.82) is 0 Å². The second-order valence-electron chi connectivity index (χ2n) is 10.4. The smallest absolute Gasteiger partial charge is 0.399 e. The van der Waals surface area contributed by atoms with E-state index in [1.807, 2.05) is 11.3 Å². The normalized spacial score (nSPS) is 17.3. The summed E-state index contributed by atoms with van der Waals surface area (Å²) in [7, 11) is -0.418. The van der Waals surface area contributed by atoms with Crippen LogP contribution in [0.5, 0.6) is 0 Å². The minimum atomic E-state index is -0.418. The molecule has 0 saturated carbocycles. The van der Waals surface area contributed by atoms with Gasteiger partial charge in [0.1, 0.15) is 0 Å². The highest BCUT2D eigenvalue weighted by Gasteiger charge is 2.52. The third-order valence-corrected chi connectivity index (χ3v) is 9.05. The van der Waals surface area contributed by atoms with Crippen molar-refractivity contribution < 1.29 is 9.31 Å². The molecule has 2 aromatic heterocycles. The van der Waals surface area contributed by atoms with Gasteiger partial charge in [-0.1, -0.05) is 60.7 Å². The molecule has 35 heavy (non-hydrogen) atoms. The Kier molecular flexibility index (Phi) is 4.36. The molecule has 1 saturated heterocycles. The van der Waals surface area contributed by atoms with Gasteiger partial charge in [0, 0.05) is 42.1 Å². The van der Waals surface area contributed by atoms with Gasteiger partial charge in [0.05, 0.1) is 22.2 Å². The standard InChI is InChI=1S/C30H26BNO2S/c1-29(2)30(3,4)34-31(33-29)23-18-22-20-14-8-10-16-24(20)32(19-12-6-5-7-13-19)27(22)26-21-15-9-11-17-25(21)35-28(23)26/h5-18H,1-4H3. The zero-order chi connectivity index (χ0) is 23.9. The minimum Gasteiger partial charge on any atom is -0.399 e. The van der Waals surface area contributed by atoms with E-state index >= 15 is 0 Å². The maximum absolute atomic E-state index is 6.58. The SMILES string of the molecule is CC1(C)OB(c2cc3c4ccccc4n(-c4ccccc4)c3c3c2sc2ccccc23)OC1(C)C. The number of hydrogen-bond acceptors (Lipinski definition) is 3. The summed E-state index contributed by atoms with van der Waals surface area (Å²) in [4.78, 5) is 0. The van der Waals surface area contributed by atoms with Gasteiger partial charge in [0.2, 0.25) is 0 Å². The Balaban J connectivity index is 1.67. The Morgan fingerprint density at radius 1 is 0.714 bits per heavy atom. The van der Waals surface area contributed by atoms with Crippen LogP contribution in [0.25, 0.3) is 47.7 Å². The molecule has 0 spiro atoms. The fourth-order valence-electron chi connectivity index (χ4n) is 5.35. The van der Waals surface area contributed by atoms with E-state index in [-0.39, 0.29) is 0 Å². The van der Waals surface area contributed by atoms with E-state index in [2.05, 4.69) is 117 Å². The first kappa shape index (κ1) is 21.2. The zero-order valence-corrected chi connectivity index (χ0v) is 21.1. The quantitative estimate of drug-likeness (QED) is 0.243. The van der Waals surface area contributed by atoms with Crippen LogP contribution in [0.3, 0.4) is 0 Å². The molecular formula is C30H26BNO2S. The lowest BCUT2D eigenvalue weighted by Gasteiger charge is -2.32.